The van der Waals surface area contributed by atoms with Crippen LogP contribution in [-0.4, -0.2) is 15.0 Å². The molecule has 1 rings (SSSR count). The Kier molecular flexibility index (Phi) is 2.57. The van der Waals surface area contributed by atoms with Crippen LogP contribution in [0.1, 0.15) is 5.69 Å². The molecule has 0 saturated carbocycles. The number of aromatic nitrogens is 1. The molecule has 0 bridgehead atoms. The second-order valence-corrected chi connectivity index (χ2v) is 2.40. The predicted octanol–water partition coefficient (Wildman–Crippen LogP) is 1.14. The second-order valence-electron chi connectivity index (χ2n) is 2.02. The summed E-state index contributed by atoms with van der Waals surface area (Å²) >= 11 is 5.46. The van der Waals surface area contributed by atoms with E-state index >= 15 is 0 Å². The summed E-state index contributed by atoms with van der Waals surface area (Å²) in [5, 5.41) is 19.1. The van der Waals surface area contributed by atoms with Crippen LogP contribution in [0.15, 0.2) is 12.1 Å². The van der Waals surface area contributed by atoms with Crippen molar-refractivity contribution in [2.24, 2.45) is 0 Å². The topological polar surface area (TPSA) is 76.3 Å². The molecule has 0 unspecified atom stereocenters. The van der Waals surface area contributed by atoms with Crippen LogP contribution < -0.4 is 0 Å². The van der Waals surface area contributed by atoms with Gasteiger partial charge in [0.1, 0.15) is 10.8 Å². The van der Waals surface area contributed by atoms with Gasteiger partial charge in [0.25, 0.3) is 5.69 Å². The average Bonchev–Trinajstić information content (AvgIpc) is 2.03. The lowest BCUT2D eigenvalue weighted by Gasteiger charge is -1.97. The monoisotopic (exact) mass is 188 g/mol. The van der Waals surface area contributed by atoms with Crippen molar-refractivity contribution in [3.8, 4) is 0 Å². The van der Waals surface area contributed by atoms with E-state index in [1.54, 1.807) is 0 Å². The fourth-order valence-corrected chi connectivity index (χ4v) is 0.915. The molecule has 0 aliphatic carbocycles. The number of nitrogens with zero attached hydrogens (tertiary/aromatic N) is 2. The molecule has 0 atom stereocenters. The Bertz CT molecular complexity index is 316. The third-order valence-electron chi connectivity index (χ3n) is 1.26. The summed E-state index contributed by atoms with van der Waals surface area (Å²) in [6, 6.07) is 2.51. The maximum atomic E-state index is 10.3. The molecule has 6 heteroatoms. The van der Waals surface area contributed by atoms with E-state index < -0.39 is 11.5 Å². The summed E-state index contributed by atoms with van der Waals surface area (Å²) in [5.74, 6) is 0. The number of hydrogen-bond donors (Lipinski definition) is 1. The summed E-state index contributed by atoms with van der Waals surface area (Å²) < 4.78 is 0. The molecular weight excluding hydrogens is 184 g/mol. The van der Waals surface area contributed by atoms with Crippen molar-refractivity contribution in [3.05, 3.63) is 33.1 Å². The number of nitro groups is 1. The highest BCUT2D eigenvalue weighted by atomic mass is 35.5. The highest BCUT2D eigenvalue weighted by Gasteiger charge is 2.13. The van der Waals surface area contributed by atoms with Gasteiger partial charge in [0, 0.05) is 6.07 Å². The zero-order valence-corrected chi connectivity index (χ0v) is 6.65. The smallest absolute Gasteiger partial charge is 0.293 e. The van der Waals surface area contributed by atoms with Crippen LogP contribution >= 0.6 is 11.6 Å². The molecule has 0 radical (unpaired) electrons. The minimum Gasteiger partial charge on any atom is -0.390 e. The summed E-state index contributed by atoms with van der Waals surface area (Å²) in [6.07, 6.45) is 0. The van der Waals surface area contributed by atoms with Gasteiger partial charge < -0.3 is 5.11 Å². The molecule has 1 aromatic rings. The maximum absolute atomic E-state index is 10.3. The molecular formula is C6H5ClN2O3. The molecule has 1 aromatic heterocycles. The third-order valence-corrected chi connectivity index (χ3v) is 1.47. The molecule has 0 aliphatic heterocycles. The van der Waals surface area contributed by atoms with E-state index in [9.17, 15) is 10.1 Å². The van der Waals surface area contributed by atoms with Crippen molar-refractivity contribution in [2.45, 2.75) is 6.61 Å². The highest BCUT2D eigenvalue weighted by Crippen LogP contribution is 2.18. The van der Waals surface area contributed by atoms with Crippen molar-refractivity contribution in [3.63, 3.8) is 0 Å². The number of pyridine rings is 1. The van der Waals surface area contributed by atoms with Gasteiger partial charge in [-0.05, 0) is 6.07 Å². The molecule has 12 heavy (non-hydrogen) atoms. The number of rotatable bonds is 2. The Balaban J connectivity index is 3.20. The van der Waals surface area contributed by atoms with E-state index in [-0.39, 0.29) is 16.5 Å². The molecule has 0 fully saturated rings. The summed E-state index contributed by atoms with van der Waals surface area (Å²) in [6.45, 7) is -0.489. The van der Waals surface area contributed by atoms with Gasteiger partial charge in [-0.15, -0.1) is 0 Å². The Labute approximate surface area is 72.8 Å². The first-order valence-corrected chi connectivity index (χ1v) is 3.43. The van der Waals surface area contributed by atoms with Gasteiger partial charge in [-0.3, -0.25) is 10.1 Å². The van der Waals surface area contributed by atoms with Crippen molar-refractivity contribution in [1.82, 2.24) is 4.98 Å². The lowest BCUT2D eigenvalue weighted by Crippen LogP contribution is -1.98. The van der Waals surface area contributed by atoms with Crippen LogP contribution in [0.25, 0.3) is 0 Å². The first kappa shape index (κ1) is 8.89. The van der Waals surface area contributed by atoms with Crippen LogP contribution in [0.4, 0.5) is 5.69 Å². The molecule has 0 amide bonds. The van der Waals surface area contributed by atoms with Gasteiger partial charge in [0.05, 0.1) is 11.5 Å². The van der Waals surface area contributed by atoms with E-state index in [1.165, 1.54) is 12.1 Å². The van der Waals surface area contributed by atoms with Gasteiger partial charge in [-0.1, -0.05) is 11.6 Å². The number of aliphatic hydroxyl groups excluding tert-OH is 1. The summed E-state index contributed by atoms with van der Waals surface area (Å²) in [4.78, 5) is 13.3. The van der Waals surface area contributed by atoms with E-state index in [0.29, 0.717) is 0 Å². The Morgan fingerprint density at radius 2 is 2.33 bits per heavy atom. The van der Waals surface area contributed by atoms with Crippen molar-refractivity contribution < 1.29 is 10.0 Å². The number of aliphatic hydroxyl groups is 1. The zero-order chi connectivity index (χ0) is 9.14. The SMILES string of the molecule is O=[N+]([O-])c1ccc(Cl)nc1CO. The normalized spacial score (nSPS) is 9.83. The Morgan fingerprint density at radius 3 is 2.83 bits per heavy atom. The zero-order valence-electron chi connectivity index (χ0n) is 5.90. The first-order valence-electron chi connectivity index (χ1n) is 3.06. The van der Waals surface area contributed by atoms with Crippen LogP contribution in [-0.2, 0) is 6.61 Å². The molecule has 0 spiro atoms. The second kappa shape index (κ2) is 3.46. The van der Waals surface area contributed by atoms with Crippen molar-refractivity contribution >= 4 is 17.3 Å². The molecule has 1 heterocycles. The van der Waals surface area contributed by atoms with Crippen LogP contribution in [0.3, 0.4) is 0 Å². The predicted molar refractivity (Wildman–Crippen MR) is 41.8 cm³/mol. The molecule has 0 saturated heterocycles. The van der Waals surface area contributed by atoms with Gasteiger partial charge in [-0.2, -0.15) is 0 Å². The molecule has 5 nitrogen and oxygen atoms in total. The third kappa shape index (κ3) is 1.69. The summed E-state index contributed by atoms with van der Waals surface area (Å²) in [5.41, 5.74) is -0.241. The average molecular weight is 189 g/mol. The maximum Gasteiger partial charge on any atom is 0.293 e. The highest BCUT2D eigenvalue weighted by molar-refractivity contribution is 6.29. The minimum absolute atomic E-state index is 0.0208. The van der Waals surface area contributed by atoms with E-state index in [2.05, 4.69) is 4.98 Å². The standard InChI is InChI=1S/C6H5ClN2O3/c7-6-2-1-5(9(11)12)4(3-10)8-6/h1-2,10H,3H2. The largest absolute Gasteiger partial charge is 0.390 e. The van der Waals surface area contributed by atoms with Crippen LogP contribution in [0.5, 0.6) is 0 Å². The lowest BCUT2D eigenvalue weighted by atomic mass is 10.3. The Hall–Kier alpha value is -1.20. The fourth-order valence-electron chi connectivity index (χ4n) is 0.750. The first-order chi connectivity index (χ1) is 5.65. The van der Waals surface area contributed by atoms with Gasteiger partial charge >= 0.3 is 0 Å². The minimum atomic E-state index is -0.616. The molecule has 0 aromatic carbocycles. The summed E-state index contributed by atoms with van der Waals surface area (Å²) in [7, 11) is 0. The van der Waals surface area contributed by atoms with E-state index in [0.717, 1.165) is 0 Å². The van der Waals surface area contributed by atoms with Gasteiger partial charge in [0.15, 0.2) is 0 Å². The van der Waals surface area contributed by atoms with Crippen LogP contribution in [0.2, 0.25) is 5.15 Å². The molecule has 64 valence electrons. The van der Waals surface area contributed by atoms with E-state index in [1.807, 2.05) is 0 Å². The van der Waals surface area contributed by atoms with Crippen molar-refractivity contribution in [2.75, 3.05) is 0 Å². The van der Waals surface area contributed by atoms with Crippen LogP contribution in [0, 0.1) is 10.1 Å². The lowest BCUT2D eigenvalue weighted by molar-refractivity contribution is -0.386. The fraction of sp³-hybridized carbons (Fsp3) is 0.167. The Morgan fingerprint density at radius 1 is 1.67 bits per heavy atom. The quantitative estimate of drug-likeness (QED) is 0.429. The molecule has 0 aliphatic rings. The van der Waals surface area contributed by atoms with Crippen molar-refractivity contribution in [1.29, 1.82) is 0 Å². The van der Waals surface area contributed by atoms with Gasteiger partial charge in [-0.25, -0.2) is 4.98 Å². The van der Waals surface area contributed by atoms with Gasteiger partial charge in [0.2, 0.25) is 0 Å². The number of halogens is 1. The number of hydrogen-bond acceptors (Lipinski definition) is 4. The van der Waals surface area contributed by atoms with E-state index in [4.69, 9.17) is 16.7 Å². The molecule has 1 N–H and O–H groups in total.